The molecule has 7 nitrogen and oxygen atoms in total. The summed E-state index contributed by atoms with van der Waals surface area (Å²) in [5.74, 6) is 0.413. The summed E-state index contributed by atoms with van der Waals surface area (Å²) in [4.78, 5) is 24.4. The number of ether oxygens (including phenoxy) is 2. The highest BCUT2D eigenvalue weighted by molar-refractivity contribution is 9.10. The molecule has 0 bridgehead atoms. The Morgan fingerprint density at radius 1 is 1.05 bits per heavy atom. The average molecular weight is 582 g/mol. The molecule has 0 aliphatic carbocycles. The summed E-state index contributed by atoms with van der Waals surface area (Å²) in [6.07, 6.45) is 6.72. The van der Waals surface area contributed by atoms with E-state index in [-0.39, 0.29) is 23.2 Å². The standard InChI is InChI=1S/C30H33BrN2O5/c1-29(2,3)20-30(4,5)22-8-11-25(12-9-22)37-19-27(34)33-32-18-21-17-23(31)10-14-26(21)38-28(35)15-13-24-7-6-16-36-24/h6-18H,19-20H2,1-5H3,(H,33,34). The third-order valence-electron chi connectivity index (χ3n) is 5.48. The highest BCUT2D eigenvalue weighted by Gasteiger charge is 2.27. The van der Waals surface area contributed by atoms with Gasteiger partial charge in [-0.3, -0.25) is 4.79 Å². The predicted molar refractivity (Wildman–Crippen MR) is 152 cm³/mol. The molecule has 0 unspecified atom stereocenters. The summed E-state index contributed by atoms with van der Waals surface area (Å²) < 4.78 is 16.9. The number of hydrazone groups is 1. The highest BCUT2D eigenvalue weighted by Crippen LogP contribution is 2.36. The van der Waals surface area contributed by atoms with Gasteiger partial charge in [0.2, 0.25) is 0 Å². The maximum atomic E-state index is 12.3. The van der Waals surface area contributed by atoms with Crippen LogP contribution >= 0.6 is 15.9 Å². The number of hydrogen-bond acceptors (Lipinski definition) is 6. The zero-order valence-corrected chi connectivity index (χ0v) is 23.9. The normalized spacial score (nSPS) is 12.2. The molecule has 38 heavy (non-hydrogen) atoms. The quantitative estimate of drug-likeness (QED) is 0.0925. The molecule has 0 saturated carbocycles. The molecule has 0 fully saturated rings. The second-order valence-corrected chi connectivity index (χ2v) is 11.6. The van der Waals surface area contributed by atoms with Crippen LogP contribution in [-0.4, -0.2) is 24.7 Å². The van der Waals surface area contributed by atoms with Crippen LogP contribution in [0.1, 0.15) is 57.9 Å². The zero-order chi connectivity index (χ0) is 27.8. The molecule has 2 aromatic carbocycles. The number of rotatable bonds is 10. The highest BCUT2D eigenvalue weighted by atomic mass is 79.9. The number of benzene rings is 2. The lowest BCUT2D eigenvalue weighted by Crippen LogP contribution is -2.25. The summed E-state index contributed by atoms with van der Waals surface area (Å²) in [6, 6.07) is 16.3. The predicted octanol–water partition coefficient (Wildman–Crippen LogP) is 6.90. The molecule has 0 aliphatic rings. The van der Waals surface area contributed by atoms with Gasteiger partial charge in [-0.2, -0.15) is 5.10 Å². The van der Waals surface area contributed by atoms with Gasteiger partial charge in [-0.1, -0.05) is 62.7 Å². The summed E-state index contributed by atoms with van der Waals surface area (Å²) in [5, 5.41) is 3.98. The van der Waals surface area contributed by atoms with E-state index >= 15 is 0 Å². The molecule has 3 rings (SSSR count). The number of nitrogens with one attached hydrogen (secondary N) is 1. The molecule has 8 heteroatoms. The van der Waals surface area contributed by atoms with E-state index in [0.717, 1.165) is 10.9 Å². The molecular weight excluding hydrogens is 548 g/mol. The Labute approximate surface area is 232 Å². The number of carbonyl (C=O) groups excluding carboxylic acids is 2. The van der Waals surface area contributed by atoms with Gasteiger partial charge in [-0.25, -0.2) is 10.2 Å². The van der Waals surface area contributed by atoms with E-state index < -0.39 is 11.9 Å². The first-order valence-corrected chi connectivity index (χ1v) is 13.0. The lowest BCUT2D eigenvalue weighted by Gasteiger charge is -2.33. The van der Waals surface area contributed by atoms with Crippen molar-refractivity contribution in [2.75, 3.05) is 6.61 Å². The minimum Gasteiger partial charge on any atom is -0.484 e. The molecule has 1 heterocycles. The van der Waals surface area contributed by atoms with Crippen molar-refractivity contribution in [3.63, 3.8) is 0 Å². The zero-order valence-electron chi connectivity index (χ0n) is 22.3. The van der Waals surface area contributed by atoms with E-state index in [1.165, 1.54) is 30.2 Å². The van der Waals surface area contributed by atoms with E-state index in [4.69, 9.17) is 13.9 Å². The molecule has 0 aliphatic heterocycles. The summed E-state index contributed by atoms with van der Waals surface area (Å²) >= 11 is 3.39. The largest absolute Gasteiger partial charge is 0.484 e. The second-order valence-electron chi connectivity index (χ2n) is 10.7. The van der Waals surface area contributed by atoms with Crippen molar-refractivity contribution in [2.24, 2.45) is 10.5 Å². The topological polar surface area (TPSA) is 90.1 Å². The molecule has 3 aromatic rings. The summed E-state index contributed by atoms with van der Waals surface area (Å²) in [6.45, 7) is 11.0. The van der Waals surface area contributed by atoms with Gasteiger partial charge < -0.3 is 13.9 Å². The first-order chi connectivity index (χ1) is 17.9. The van der Waals surface area contributed by atoms with Crippen LogP contribution in [0.15, 0.2) is 80.9 Å². The van der Waals surface area contributed by atoms with Gasteiger partial charge >= 0.3 is 5.97 Å². The Bertz CT molecular complexity index is 1290. The van der Waals surface area contributed by atoms with Gasteiger partial charge in [0.05, 0.1) is 12.5 Å². The van der Waals surface area contributed by atoms with Crippen molar-refractivity contribution in [3.8, 4) is 11.5 Å². The fourth-order valence-corrected chi connectivity index (χ4v) is 4.56. The molecule has 0 saturated heterocycles. The Morgan fingerprint density at radius 2 is 1.79 bits per heavy atom. The number of carbonyl (C=O) groups is 2. The lowest BCUT2D eigenvalue weighted by molar-refractivity contribution is -0.129. The van der Waals surface area contributed by atoms with Gasteiger partial charge in [-0.05, 0) is 71.4 Å². The van der Waals surface area contributed by atoms with Crippen LogP contribution in [0, 0.1) is 5.41 Å². The summed E-state index contributed by atoms with van der Waals surface area (Å²) in [5.41, 5.74) is 4.38. The van der Waals surface area contributed by atoms with Crippen LogP contribution in [0.3, 0.4) is 0 Å². The van der Waals surface area contributed by atoms with E-state index in [9.17, 15) is 9.59 Å². The number of hydrogen-bond donors (Lipinski definition) is 1. The average Bonchev–Trinajstić information content (AvgIpc) is 3.36. The molecule has 1 N–H and O–H groups in total. The van der Waals surface area contributed by atoms with Crippen LogP contribution in [0.2, 0.25) is 0 Å². The van der Waals surface area contributed by atoms with Crippen molar-refractivity contribution in [3.05, 3.63) is 88.3 Å². The maximum Gasteiger partial charge on any atom is 0.336 e. The van der Waals surface area contributed by atoms with E-state index in [2.05, 4.69) is 61.1 Å². The molecule has 0 radical (unpaired) electrons. The van der Waals surface area contributed by atoms with E-state index in [1.807, 2.05) is 24.3 Å². The van der Waals surface area contributed by atoms with Gasteiger partial charge in [0, 0.05) is 16.1 Å². The third-order valence-corrected chi connectivity index (χ3v) is 5.97. The van der Waals surface area contributed by atoms with Gasteiger partial charge in [0.15, 0.2) is 6.61 Å². The van der Waals surface area contributed by atoms with Crippen LogP contribution in [0.25, 0.3) is 6.08 Å². The number of nitrogens with zero attached hydrogens (tertiary/aromatic N) is 1. The number of furan rings is 1. The van der Waals surface area contributed by atoms with Gasteiger partial charge in [0.1, 0.15) is 17.3 Å². The second kappa shape index (κ2) is 12.7. The minimum atomic E-state index is -0.580. The van der Waals surface area contributed by atoms with Crippen molar-refractivity contribution in [2.45, 2.75) is 46.5 Å². The van der Waals surface area contributed by atoms with Crippen molar-refractivity contribution in [1.29, 1.82) is 0 Å². The van der Waals surface area contributed by atoms with Crippen LogP contribution in [0.4, 0.5) is 0 Å². The molecule has 200 valence electrons. The van der Waals surface area contributed by atoms with E-state index in [0.29, 0.717) is 17.1 Å². The van der Waals surface area contributed by atoms with Gasteiger partial charge in [-0.15, -0.1) is 0 Å². The van der Waals surface area contributed by atoms with Crippen LogP contribution in [0.5, 0.6) is 11.5 Å². The Hall–Kier alpha value is -3.65. The fourth-order valence-electron chi connectivity index (χ4n) is 4.18. The summed E-state index contributed by atoms with van der Waals surface area (Å²) in [7, 11) is 0. The third kappa shape index (κ3) is 9.34. The first-order valence-electron chi connectivity index (χ1n) is 12.2. The maximum absolute atomic E-state index is 12.3. The van der Waals surface area contributed by atoms with E-state index in [1.54, 1.807) is 30.3 Å². The fraction of sp³-hybridized carbons (Fsp3) is 0.300. The SMILES string of the molecule is CC(C)(C)CC(C)(C)c1ccc(OCC(=O)NN=Cc2cc(Br)ccc2OC(=O)C=Cc2ccco2)cc1. The van der Waals surface area contributed by atoms with Crippen molar-refractivity contribution < 1.29 is 23.5 Å². The van der Waals surface area contributed by atoms with Crippen molar-refractivity contribution >= 4 is 40.1 Å². The molecular formula is C30H33BrN2O5. The van der Waals surface area contributed by atoms with Gasteiger partial charge in [0.25, 0.3) is 5.91 Å². The molecule has 1 aromatic heterocycles. The van der Waals surface area contributed by atoms with Crippen LogP contribution in [-0.2, 0) is 15.0 Å². The number of amides is 1. The van der Waals surface area contributed by atoms with Crippen LogP contribution < -0.4 is 14.9 Å². The molecule has 0 atom stereocenters. The number of halogens is 1. The number of esters is 1. The molecule has 0 spiro atoms. The first kappa shape index (κ1) is 28.9. The van der Waals surface area contributed by atoms with Crippen molar-refractivity contribution in [1.82, 2.24) is 5.43 Å². The molecule has 1 amide bonds. The Kier molecular flexibility index (Phi) is 9.69. The smallest absolute Gasteiger partial charge is 0.336 e. The lowest BCUT2D eigenvalue weighted by atomic mass is 9.72. The monoisotopic (exact) mass is 580 g/mol. The Balaban J connectivity index is 1.53. The minimum absolute atomic E-state index is 0.0260. The Morgan fingerprint density at radius 3 is 2.45 bits per heavy atom.